The number of ether oxygens (including phenoxy) is 1. The summed E-state index contributed by atoms with van der Waals surface area (Å²) in [5.41, 5.74) is 6.18. The molecule has 0 N–H and O–H groups in total. The Morgan fingerprint density at radius 2 is 1.57 bits per heavy atom. The monoisotopic (exact) mass is 624 g/mol. The maximum atomic E-state index is 13.9. The van der Waals surface area contributed by atoms with Crippen LogP contribution in [0.5, 0.6) is 5.75 Å². The third-order valence-corrected chi connectivity index (χ3v) is 8.20. The van der Waals surface area contributed by atoms with Crippen LogP contribution in [0.1, 0.15) is 29.2 Å². The number of nitrogens with zero attached hydrogens (tertiary/aromatic N) is 4. The van der Waals surface area contributed by atoms with Crippen molar-refractivity contribution in [3.05, 3.63) is 153 Å². The Morgan fingerprint density at radius 3 is 2.26 bits per heavy atom. The highest BCUT2D eigenvalue weighted by atomic mass is 35.5. The molecule has 2 heterocycles. The van der Waals surface area contributed by atoms with Gasteiger partial charge in [0.15, 0.2) is 0 Å². The Bertz CT molecular complexity index is 2040. The predicted molar refractivity (Wildman–Crippen MR) is 178 cm³/mol. The standard InChI is InChI=1S/C38H29ClN4O3/c1-25-12-14-27(15-13-25)22-42-37(44)33(26(2)34(21-40)38(42)45)20-30-23-43(31-9-4-3-5-10-31)41-36(30)28-16-18-32(19-17-28)46-24-29-8-6-7-11-35(29)39/h3-20,23H,22,24H2,1-2H3/b33-20+. The fraction of sp³-hybridized carbons (Fsp3) is 0.105. The van der Waals surface area contributed by atoms with Crippen LogP contribution in [-0.4, -0.2) is 26.5 Å². The molecular weight excluding hydrogens is 596 g/mol. The second kappa shape index (κ2) is 13.1. The third kappa shape index (κ3) is 6.25. The van der Waals surface area contributed by atoms with Crippen LogP contribution in [0.2, 0.25) is 5.02 Å². The summed E-state index contributed by atoms with van der Waals surface area (Å²) >= 11 is 6.29. The second-order valence-corrected chi connectivity index (χ2v) is 11.4. The van der Waals surface area contributed by atoms with Gasteiger partial charge in [-0.1, -0.05) is 77.8 Å². The minimum Gasteiger partial charge on any atom is -0.489 e. The summed E-state index contributed by atoms with van der Waals surface area (Å²) in [6.45, 7) is 3.98. The highest BCUT2D eigenvalue weighted by Gasteiger charge is 2.35. The highest BCUT2D eigenvalue weighted by molar-refractivity contribution is 6.31. The van der Waals surface area contributed by atoms with E-state index in [1.165, 1.54) is 0 Å². The number of benzene rings is 4. The summed E-state index contributed by atoms with van der Waals surface area (Å²) in [7, 11) is 0. The molecule has 2 amide bonds. The fourth-order valence-electron chi connectivity index (χ4n) is 5.22. The molecule has 0 atom stereocenters. The first-order valence-electron chi connectivity index (χ1n) is 14.7. The molecule has 0 aliphatic carbocycles. The molecule has 0 saturated carbocycles. The van der Waals surface area contributed by atoms with E-state index in [-0.39, 0.29) is 17.7 Å². The van der Waals surface area contributed by atoms with Crippen LogP contribution in [0.25, 0.3) is 23.0 Å². The van der Waals surface area contributed by atoms with Gasteiger partial charge < -0.3 is 4.74 Å². The SMILES string of the molecule is CC1=C(C#N)C(=O)N(Cc2ccc(C)cc2)C(=O)/C1=C/c1cn(-c2ccccc2)nc1-c1ccc(OCc2ccccc2Cl)cc1. The first-order chi connectivity index (χ1) is 22.3. The van der Waals surface area contributed by atoms with Crippen LogP contribution in [0.3, 0.4) is 0 Å². The maximum Gasteiger partial charge on any atom is 0.271 e. The number of aromatic nitrogens is 2. The molecule has 4 aromatic carbocycles. The number of nitriles is 1. The summed E-state index contributed by atoms with van der Waals surface area (Å²) in [4.78, 5) is 28.3. The molecular formula is C38H29ClN4O3. The first kappa shape index (κ1) is 30.3. The highest BCUT2D eigenvalue weighted by Crippen LogP contribution is 2.32. The molecule has 46 heavy (non-hydrogen) atoms. The van der Waals surface area contributed by atoms with E-state index in [9.17, 15) is 14.9 Å². The number of rotatable bonds is 8. The molecule has 0 saturated heterocycles. The molecule has 1 aliphatic rings. The van der Waals surface area contributed by atoms with Crippen molar-refractivity contribution in [1.82, 2.24) is 14.7 Å². The van der Waals surface area contributed by atoms with E-state index in [2.05, 4.69) is 0 Å². The normalized spacial score (nSPS) is 14.1. The van der Waals surface area contributed by atoms with Crippen molar-refractivity contribution in [2.75, 3.05) is 0 Å². The van der Waals surface area contributed by atoms with Gasteiger partial charge >= 0.3 is 0 Å². The molecule has 1 aliphatic heterocycles. The molecule has 0 spiro atoms. The number of halogens is 1. The lowest BCUT2D eigenvalue weighted by Gasteiger charge is -2.27. The number of amides is 2. The minimum atomic E-state index is -0.602. The average molecular weight is 625 g/mol. The van der Waals surface area contributed by atoms with Crippen molar-refractivity contribution in [1.29, 1.82) is 5.26 Å². The van der Waals surface area contributed by atoms with Gasteiger partial charge in [-0.2, -0.15) is 10.4 Å². The zero-order valence-electron chi connectivity index (χ0n) is 25.3. The predicted octanol–water partition coefficient (Wildman–Crippen LogP) is 7.87. The summed E-state index contributed by atoms with van der Waals surface area (Å²) < 4.78 is 7.73. The van der Waals surface area contributed by atoms with Gasteiger partial charge in [0.25, 0.3) is 11.8 Å². The number of aryl methyl sites for hydroxylation is 1. The van der Waals surface area contributed by atoms with Crippen molar-refractivity contribution >= 4 is 29.5 Å². The Morgan fingerprint density at radius 1 is 0.870 bits per heavy atom. The van der Waals surface area contributed by atoms with E-state index in [1.54, 1.807) is 17.7 Å². The van der Waals surface area contributed by atoms with Gasteiger partial charge in [0.05, 0.1) is 17.9 Å². The van der Waals surface area contributed by atoms with Gasteiger partial charge in [0.2, 0.25) is 0 Å². The van der Waals surface area contributed by atoms with Gasteiger partial charge in [-0.3, -0.25) is 14.5 Å². The van der Waals surface area contributed by atoms with Gasteiger partial charge in [0.1, 0.15) is 24.0 Å². The van der Waals surface area contributed by atoms with Crippen molar-refractivity contribution in [3.8, 4) is 28.8 Å². The van der Waals surface area contributed by atoms with E-state index < -0.39 is 11.8 Å². The van der Waals surface area contributed by atoms with Crippen molar-refractivity contribution in [3.63, 3.8) is 0 Å². The molecule has 0 radical (unpaired) electrons. The quantitative estimate of drug-likeness (QED) is 0.129. The third-order valence-electron chi connectivity index (χ3n) is 7.83. The number of carbonyl (C=O) groups excluding carboxylic acids is 2. The van der Waals surface area contributed by atoms with Gasteiger partial charge in [0, 0.05) is 33.5 Å². The fourth-order valence-corrected chi connectivity index (χ4v) is 5.41. The first-order valence-corrected chi connectivity index (χ1v) is 15.1. The lowest BCUT2D eigenvalue weighted by molar-refractivity contribution is -0.141. The van der Waals surface area contributed by atoms with E-state index in [0.29, 0.717) is 34.2 Å². The average Bonchev–Trinajstić information content (AvgIpc) is 3.50. The second-order valence-electron chi connectivity index (χ2n) is 11.0. The van der Waals surface area contributed by atoms with Crippen molar-refractivity contribution in [2.45, 2.75) is 27.0 Å². The molecule has 6 rings (SSSR count). The molecule has 8 heteroatoms. The number of hydrogen-bond acceptors (Lipinski definition) is 5. The summed E-state index contributed by atoms with van der Waals surface area (Å²) in [5.74, 6) is -0.407. The van der Waals surface area contributed by atoms with Gasteiger partial charge in [-0.05, 0) is 73.5 Å². The van der Waals surface area contributed by atoms with Gasteiger partial charge in [-0.15, -0.1) is 0 Å². The zero-order valence-corrected chi connectivity index (χ0v) is 26.0. The number of hydrogen-bond donors (Lipinski definition) is 0. The smallest absolute Gasteiger partial charge is 0.271 e. The Labute approximate surface area is 272 Å². The maximum absolute atomic E-state index is 13.9. The summed E-state index contributed by atoms with van der Waals surface area (Å²) in [5, 5.41) is 15.5. The lowest BCUT2D eigenvalue weighted by Crippen LogP contribution is -2.42. The van der Waals surface area contributed by atoms with E-state index in [0.717, 1.165) is 32.8 Å². The molecule has 0 bridgehead atoms. The molecule has 226 valence electrons. The summed E-state index contributed by atoms with van der Waals surface area (Å²) in [6, 6.07) is 34.3. The largest absolute Gasteiger partial charge is 0.489 e. The van der Waals surface area contributed by atoms with Crippen LogP contribution in [-0.2, 0) is 22.7 Å². The molecule has 5 aromatic rings. The number of para-hydroxylation sites is 1. The molecule has 7 nitrogen and oxygen atoms in total. The Kier molecular flexibility index (Phi) is 8.64. The number of imide groups is 1. The topological polar surface area (TPSA) is 88.2 Å². The Hall–Kier alpha value is -5.71. The van der Waals surface area contributed by atoms with Crippen LogP contribution < -0.4 is 4.74 Å². The molecule has 0 unspecified atom stereocenters. The Balaban J connectivity index is 1.38. The summed E-state index contributed by atoms with van der Waals surface area (Å²) in [6.07, 6.45) is 3.56. The van der Waals surface area contributed by atoms with E-state index in [4.69, 9.17) is 21.4 Å². The minimum absolute atomic E-state index is 0.0551. The van der Waals surface area contributed by atoms with Gasteiger partial charge in [-0.25, -0.2) is 4.68 Å². The van der Waals surface area contributed by atoms with Crippen molar-refractivity contribution in [2.24, 2.45) is 0 Å². The molecule has 0 fully saturated rings. The zero-order chi connectivity index (χ0) is 32.2. The molecule has 1 aromatic heterocycles. The van der Waals surface area contributed by atoms with Crippen LogP contribution in [0, 0.1) is 18.3 Å². The van der Waals surface area contributed by atoms with E-state index >= 15 is 0 Å². The lowest BCUT2D eigenvalue weighted by atomic mass is 9.93. The van der Waals surface area contributed by atoms with E-state index in [1.807, 2.05) is 122 Å². The van der Waals surface area contributed by atoms with Crippen LogP contribution in [0.15, 0.2) is 126 Å². The van der Waals surface area contributed by atoms with Crippen LogP contribution >= 0.6 is 11.6 Å². The van der Waals surface area contributed by atoms with Crippen molar-refractivity contribution < 1.29 is 14.3 Å². The van der Waals surface area contributed by atoms with Crippen LogP contribution in [0.4, 0.5) is 0 Å². The number of carbonyl (C=O) groups is 2.